The van der Waals surface area contributed by atoms with Gasteiger partial charge in [0.2, 0.25) is 0 Å². The zero-order valence-corrected chi connectivity index (χ0v) is 9.99. The molecule has 1 fully saturated rings. The van der Waals surface area contributed by atoms with Gasteiger partial charge in [-0.25, -0.2) is 0 Å². The van der Waals surface area contributed by atoms with Crippen LogP contribution in [0.3, 0.4) is 0 Å². The molecule has 1 aliphatic rings. The van der Waals surface area contributed by atoms with E-state index in [2.05, 4.69) is 17.3 Å². The van der Waals surface area contributed by atoms with Crippen LogP contribution in [-0.2, 0) is 6.54 Å². The molecule has 1 unspecified atom stereocenters. The summed E-state index contributed by atoms with van der Waals surface area (Å²) in [5.74, 6) is 0.250. The van der Waals surface area contributed by atoms with Gasteiger partial charge in [0.15, 0.2) is 5.78 Å². The van der Waals surface area contributed by atoms with E-state index >= 15 is 0 Å². The van der Waals surface area contributed by atoms with Gasteiger partial charge in [0, 0.05) is 24.7 Å². The first-order valence-electron chi connectivity index (χ1n) is 6.00. The van der Waals surface area contributed by atoms with Gasteiger partial charge in [-0.2, -0.15) is 5.10 Å². The number of aromatic nitrogens is 2. The Hall–Kier alpha value is -1.16. The fourth-order valence-corrected chi connectivity index (χ4v) is 2.36. The van der Waals surface area contributed by atoms with Crippen LogP contribution in [0.25, 0.3) is 0 Å². The summed E-state index contributed by atoms with van der Waals surface area (Å²) < 4.78 is 1.80. The second-order valence-electron chi connectivity index (χ2n) is 4.47. The lowest BCUT2D eigenvalue weighted by atomic mass is 9.78. The van der Waals surface area contributed by atoms with E-state index in [1.165, 1.54) is 0 Å². The first kappa shape index (κ1) is 11.3. The second kappa shape index (κ2) is 4.37. The molecule has 0 saturated carbocycles. The van der Waals surface area contributed by atoms with Gasteiger partial charge in [0.25, 0.3) is 0 Å². The van der Waals surface area contributed by atoms with Crippen LogP contribution in [0.2, 0.25) is 0 Å². The smallest absolute Gasteiger partial charge is 0.173 e. The Kier molecular flexibility index (Phi) is 3.10. The number of Topliss-reactive ketones (excluding diaryl/α,β-unsaturated/α-hetero) is 1. The largest absolute Gasteiger partial charge is 0.316 e. The summed E-state index contributed by atoms with van der Waals surface area (Å²) in [7, 11) is 0. The summed E-state index contributed by atoms with van der Waals surface area (Å²) in [6, 6.07) is 0. The molecule has 0 radical (unpaired) electrons. The molecule has 1 N–H and O–H groups in total. The van der Waals surface area contributed by atoms with Crippen molar-refractivity contribution in [3.8, 4) is 0 Å². The van der Waals surface area contributed by atoms with Crippen LogP contribution in [0, 0.1) is 5.41 Å². The number of nitrogens with zero attached hydrogens (tertiary/aromatic N) is 2. The first-order valence-corrected chi connectivity index (χ1v) is 6.00. The third-order valence-corrected chi connectivity index (χ3v) is 3.62. The Labute approximate surface area is 96.0 Å². The zero-order valence-electron chi connectivity index (χ0n) is 9.99. The van der Waals surface area contributed by atoms with E-state index in [0.29, 0.717) is 0 Å². The van der Waals surface area contributed by atoms with Gasteiger partial charge < -0.3 is 5.32 Å². The number of hydrogen-bond acceptors (Lipinski definition) is 3. The molecule has 1 saturated heterocycles. The number of aryl methyl sites for hydroxylation is 1. The van der Waals surface area contributed by atoms with Crippen molar-refractivity contribution in [1.82, 2.24) is 15.1 Å². The van der Waals surface area contributed by atoms with Crippen LogP contribution in [0.4, 0.5) is 0 Å². The van der Waals surface area contributed by atoms with Crippen molar-refractivity contribution in [3.63, 3.8) is 0 Å². The summed E-state index contributed by atoms with van der Waals surface area (Å²) in [4.78, 5) is 12.4. The highest BCUT2D eigenvalue weighted by atomic mass is 16.1. The third-order valence-electron chi connectivity index (χ3n) is 3.62. The lowest BCUT2D eigenvalue weighted by Gasteiger charge is -2.23. The molecule has 0 aliphatic carbocycles. The molecule has 0 amide bonds. The van der Waals surface area contributed by atoms with Gasteiger partial charge in [0.1, 0.15) is 0 Å². The summed E-state index contributed by atoms with van der Waals surface area (Å²) in [5.41, 5.74) is 0.564. The molecule has 88 valence electrons. The van der Waals surface area contributed by atoms with Crippen LogP contribution >= 0.6 is 0 Å². The van der Waals surface area contributed by atoms with Crippen molar-refractivity contribution in [1.29, 1.82) is 0 Å². The van der Waals surface area contributed by atoms with Gasteiger partial charge in [-0.1, -0.05) is 6.92 Å². The lowest BCUT2D eigenvalue weighted by Crippen LogP contribution is -2.32. The van der Waals surface area contributed by atoms with E-state index in [1.54, 1.807) is 10.9 Å². The van der Waals surface area contributed by atoms with Gasteiger partial charge in [0.05, 0.1) is 11.8 Å². The standard InChI is InChI=1S/C12H19N3O/c1-3-12(5-6-13-9-12)11(16)10-7-14-15(4-2)8-10/h7-8,13H,3-6,9H2,1-2H3. The molecule has 0 aromatic carbocycles. The molecule has 1 aromatic rings. The van der Waals surface area contributed by atoms with E-state index in [9.17, 15) is 4.79 Å². The fraction of sp³-hybridized carbons (Fsp3) is 0.667. The van der Waals surface area contributed by atoms with Crippen LogP contribution in [-0.4, -0.2) is 28.7 Å². The third kappa shape index (κ3) is 1.78. The summed E-state index contributed by atoms with van der Waals surface area (Å²) in [6.45, 7) is 6.68. The predicted molar refractivity (Wildman–Crippen MR) is 62.4 cm³/mol. The normalized spacial score (nSPS) is 24.9. The number of hydrogen-bond donors (Lipinski definition) is 1. The number of carbonyl (C=O) groups is 1. The topological polar surface area (TPSA) is 46.9 Å². The highest BCUT2D eigenvalue weighted by Gasteiger charge is 2.40. The Morgan fingerprint density at radius 1 is 1.62 bits per heavy atom. The summed E-state index contributed by atoms with van der Waals surface area (Å²) >= 11 is 0. The lowest BCUT2D eigenvalue weighted by molar-refractivity contribution is 0.0810. The van der Waals surface area contributed by atoms with Crippen molar-refractivity contribution >= 4 is 5.78 Å². The van der Waals surface area contributed by atoms with E-state index < -0.39 is 0 Å². The highest BCUT2D eigenvalue weighted by molar-refractivity contribution is 6.00. The first-order chi connectivity index (χ1) is 7.72. The second-order valence-corrected chi connectivity index (χ2v) is 4.47. The van der Waals surface area contributed by atoms with Crippen molar-refractivity contribution in [2.45, 2.75) is 33.2 Å². The fourth-order valence-electron chi connectivity index (χ4n) is 2.36. The molecular weight excluding hydrogens is 202 g/mol. The molecule has 1 aromatic heterocycles. The molecule has 0 bridgehead atoms. The van der Waals surface area contributed by atoms with Gasteiger partial charge >= 0.3 is 0 Å². The zero-order chi connectivity index (χ0) is 11.6. The summed E-state index contributed by atoms with van der Waals surface area (Å²) in [6.07, 6.45) is 5.40. The Morgan fingerprint density at radius 3 is 2.94 bits per heavy atom. The van der Waals surface area contributed by atoms with Crippen molar-refractivity contribution in [2.24, 2.45) is 5.41 Å². The SMILES string of the molecule is CCn1cc(C(=O)C2(CC)CCNC2)cn1. The molecule has 4 heteroatoms. The Morgan fingerprint density at radius 2 is 2.44 bits per heavy atom. The van der Waals surface area contributed by atoms with E-state index in [0.717, 1.165) is 38.0 Å². The summed E-state index contributed by atoms with van der Waals surface area (Å²) in [5, 5.41) is 7.46. The van der Waals surface area contributed by atoms with Crippen LogP contribution in [0.5, 0.6) is 0 Å². The Bertz CT molecular complexity index is 377. The quantitative estimate of drug-likeness (QED) is 0.783. The molecular formula is C12H19N3O. The van der Waals surface area contributed by atoms with Gasteiger partial charge in [-0.05, 0) is 26.3 Å². The minimum atomic E-state index is -0.193. The highest BCUT2D eigenvalue weighted by Crippen LogP contribution is 2.33. The monoisotopic (exact) mass is 221 g/mol. The number of carbonyl (C=O) groups excluding carboxylic acids is 1. The maximum atomic E-state index is 12.4. The average molecular weight is 221 g/mol. The molecule has 16 heavy (non-hydrogen) atoms. The van der Waals surface area contributed by atoms with Gasteiger partial charge in [-0.3, -0.25) is 9.48 Å². The Balaban J connectivity index is 2.23. The van der Waals surface area contributed by atoms with E-state index in [4.69, 9.17) is 0 Å². The minimum Gasteiger partial charge on any atom is -0.316 e. The molecule has 2 rings (SSSR count). The van der Waals surface area contributed by atoms with Crippen molar-refractivity contribution in [2.75, 3.05) is 13.1 Å². The molecule has 1 atom stereocenters. The molecule has 0 spiro atoms. The number of rotatable bonds is 4. The maximum Gasteiger partial charge on any atom is 0.173 e. The van der Waals surface area contributed by atoms with E-state index in [1.807, 2.05) is 13.1 Å². The predicted octanol–water partition coefficient (Wildman–Crippen LogP) is 1.48. The molecule has 1 aliphatic heterocycles. The minimum absolute atomic E-state index is 0.193. The van der Waals surface area contributed by atoms with Crippen LogP contribution in [0.1, 0.15) is 37.0 Å². The maximum absolute atomic E-state index is 12.4. The number of ketones is 1. The average Bonchev–Trinajstić information content (AvgIpc) is 2.98. The molecule has 2 heterocycles. The number of nitrogens with one attached hydrogen (secondary N) is 1. The van der Waals surface area contributed by atoms with Crippen LogP contribution in [0.15, 0.2) is 12.4 Å². The van der Waals surface area contributed by atoms with E-state index in [-0.39, 0.29) is 11.2 Å². The van der Waals surface area contributed by atoms with Crippen molar-refractivity contribution < 1.29 is 4.79 Å². The molecule has 4 nitrogen and oxygen atoms in total. The van der Waals surface area contributed by atoms with Crippen molar-refractivity contribution in [3.05, 3.63) is 18.0 Å². The van der Waals surface area contributed by atoms with Gasteiger partial charge in [-0.15, -0.1) is 0 Å². The van der Waals surface area contributed by atoms with Crippen LogP contribution < -0.4 is 5.32 Å².